The Morgan fingerprint density at radius 3 is 2.88 bits per heavy atom. The van der Waals surface area contributed by atoms with Crippen LogP contribution in [0.1, 0.15) is 24.2 Å². The molecule has 0 radical (unpaired) electrons. The summed E-state index contributed by atoms with van der Waals surface area (Å²) in [6.45, 7) is 3.17. The molecule has 96 valence electrons. The second kappa shape index (κ2) is 4.78. The summed E-state index contributed by atoms with van der Waals surface area (Å²) in [7, 11) is -0.932. The zero-order valence-electron chi connectivity index (χ0n) is 10.3. The van der Waals surface area contributed by atoms with Gasteiger partial charge in [-0.15, -0.1) is 0 Å². The van der Waals surface area contributed by atoms with Crippen LogP contribution in [0, 0.1) is 6.92 Å². The highest BCUT2D eigenvalue weighted by Crippen LogP contribution is 2.19. The quantitative estimate of drug-likeness (QED) is 0.848. The molecule has 0 aliphatic carbocycles. The van der Waals surface area contributed by atoms with Gasteiger partial charge in [-0.05, 0) is 25.8 Å². The van der Waals surface area contributed by atoms with Crippen LogP contribution < -0.4 is 5.32 Å². The molecule has 1 N–H and O–H groups in total. The molecule has 1 aliphatic rings. The van der Waals surface area contributed by atoms with Crippen LogP contribution in [0.15, 0.2) is 6.07 Å². The zero-order chi connectivity index (χ0) is 12.5. The normalized spacial score (nSPS) is 23.1. The average molecular weight is 257 g/mol. The number of aryl methyl sites for hydroxylation is 2. The van der Waals surface area contributed by atoms with Gasteiger partial charge >= 0.3 is 0 Å². The Hall–Kier alpha value is -0.880. The van der Waals surface area contributed by atoms with E-state index in [1.54, 1.807) is 0 Å². The van der Waals surface area contributed by atoms with Crippen molar-refractivity contribution in [3.05, 3.63) is 17.5 Å². The predicted molar refractivity (Wildman–Crippen MR) is 66.5 cm³/mol. The van der Waals surface area contributed by atoms with Crippen LogP contribution in [-0.2, 0) is 23.4 Å². The lowest BCUT2D eigenvalue weighted by molar-refractivity contribution is 0.566. The Labute approximate surface area is 102 Å². The molecule has 1 atom stereocenters. The number of rotatable bonds is 4. The van der Waals surface area contributed by atoms with Crippen LogP contribution in [0.4, 0.5) is 0 Å². The van der Waals surface area contributed by atoms with Crippen molar-refractivity contribution in [2.24, 2.45) is 7.05 Å². The summed E-state index contributed by atoms with van der Waals surface area (Å²) in [5, 5.41) is 7.26. The van der Waals surface area contributed by atoms with Crippen molar-refractivity contribution in [2.45, 2.75) is 31.6 Å². The third-order valence-corrected chi connectivity index (χ3v) is 5.52. The van der Waals surface area contributed by atoms with Gasteiger partial charge in [0.1, 0.15) is 0 Å². The van der Waals surface area contributed by atoms with E-state index >= 15 is 0 Å². The summed E-state index contributed by atoms with van der Waals surface area (Å²) < 4.78 is 25.1. The second-order valence-electron chi connectivity index (χ2n) is 4.66. The van der Waals surface area contributed by atoms with Crippen LogP contribution in [0.25, 0.3) is 0 Å². The Bertz CT molecular complexity index is 493. The summed E-state index contributed by atoms with van der Waals surface area (Å²) in [5.41, 5.74) is 2.07. The molecule has 0 saturated carbocycles. The molecule has 17 heavy (non-hydrogen) atoms. The summed E-state index contributed by atoms with van der Waals surface area (Å²) in [5.74, 6) is 0.351. The predicted octanol–water partition coefficient (Wildman–Crippen LogP) is 0.395. The largest absolute Gasteiger partial charge is 0.310 e. The topological polar surface area (TPSA) is 64.0 Å². The number of hydrogen-bond acceptors (Lipinski definition) is 4. The molecular weight excluding hydrogens is 238 g/mol. The zero-order valence-corrected chi connectivity index (χ0v) is 11.1. The number of sulfone groups is 1. The lowest BCUT2D eigenvalue weighted by Crippen LogP contribution is -2.30. The van der Waals surface area contributed by atoms with Crippen LogP contribution in [-0.4, -0.2) is 35.7 Å². The van der Waals surface area contributed by atoms with E-state index in [0.717, 1.165) is 24.2 Å². The Balaban J connectivity index is 1.86. The molecule has 6 heteroatoms. The SMILES string of the molecule is Cc1cc(CNCC2CCCS2(=O)=O)n(C)n1. The maximum Gasteiger partial charge on any atom is 0.154 e. The molecule has 0 aromatic carbocycles. The minimum Gasteiger partial charge on any atom is -0.310 e. The van der Waals surface area contributed by atoms with Crippen LogP contribution in [0.5, 0.6) is 0 Å². The maximum atomic E-state index is 11.6. The van der Waals surface area contributed by atoms with E-state index in [1.807, 2.05) is 24.7 Å². The van der Waals surface area contributed by atoms with E-state index in [2.05, 4.69) is 10.4 Å². The maximum absolute atomic E-state index is 11.6. The van der Waals surface area contributed by atoms with E-state index < -0.39 is 9.84 Å². The Kier molecular flexibility index (Phi) is 3.53. The van der Waals surface area contributed by atoms with Crippen molar-refractivity contribution < 1.29 is 8.42 Å². The molecule has 1 aromatic heterocycles. The van der Waals surface area contributed by atoms with Crippen LogP contribution >= 0.6 is 0 Å². The van der Waals surface area contributed by atoms with E-state index in [0.29, 0.717) is 18.8 Å². The standard InChI is InChI=1S/C11H19N3O2S/c1-9-6-10(14(2)13-9)7-12-8-11-4-3-5-17(11,15)16/h6,11-12H,3-5,7-8H2,1-2H3. The van der Waals surface area contributed by atoms with E-state index in [-0.39, 0.29) is 5.25 Å². The van der Waals surface area contributed by atoms with Gasteiger partial charge < -0.3 is 5.32 Å². The van der Waals surface area contributed by atoms with E-state index in [9.17, 15) is 8.42 Å². The number of aromatic nitrogens is 2. The Morgan fingerprint density at radius 2 is 2.35 bits per heavy atom. The third kappa shape index (κ3) is 2.87. The van der Waals surface area contributed by atoms with Crippen molar-refractivity contribution >= 4 is 9.84 Å². The summed E-state index contributed by atoms with van der Waals surface area (Å²) >= 11 is 0. The molecule has 2 rings (SSSR count). The smallest absolute Gasteiger partial charge is 0.154 e. The Morgan fingerprint density at radius 1 is 1.59 bits per heavy atom. The highest BCUT2D eigenvalue weighted by molar-refractivity contribution is 7.92. The number of nitrogens with zero attached hydrogens (tertiary/aromatic N) is 2. The van der Waals surface area contributed by atoms with Gasteiger partial charge in [0.15, 0.2) is 9.84 Å². The lowest BCUT2D eigenvalue weighted by atomic mass is 10.2. The molecule has 0 amide bonds. The van der Waals surface area contributed by atoms with Crippen molar-refractivity contribution in [3.8, 4) is 0 Å². The second-order valence-corrected chi connectivity index (χ2v) is 7.06. The molecule has 2 heterocycles. The van der Waals surface area contributed by atoms with Gasteiger partial charge in [-0.25, -0.2) is 8.42 Å². The van der Waals surface area contributed by atoms with Gasteiger partial charge in [0.05, 0.1) is 22.4 Å². The van der Waals surface area contributed by atoms with E-state index in [1.165, 1.54) is 0 Å². The molecule has 1 aliphatic heterocycles. The van der Waals surface area contributed by atoms with Crippen molar-refractivity contribution in [1.82, 2.24) is 15.1 Å². The summed E-state index contributed by atoms with van der Waals surface area (Å²) in [6, 6.07) is 2.01. The lowest BCUT2D eigenvalue weighted by Gasteiger charge is -2.10. The number of hydrogen-bond donors (Lipinski definition) is 1. The molecular formula is C11H19N3O2S. The van der Waals surface area contributed by atoms with Crippen LogP contribution in [0.3, 0.4) is 0 Å². The van der Waals surface area contributed by atoms with Gasteiger partial charge in [-0.2, -0.15) is 5.10 Å². The molecule has 5 nitrogen and oxygen atoms in total. The third-order valence-electron chi connectivity index (χ3n) is 3.24. The van der Waals surface area contributed by atoms with Gasteiger partial charge in [-0.1, -0.05) is 0 Å². The summed E-state index contributed by atoms with van der Waals surface area (Å²) in [6.07, 6.45) is 1.60. The van der Waals surface area contributed by atoms with E-state index in [4.69, 9.17) is 0 Å². The first-order chi connectivity index (χ1) is 7.99. The van der Waals surface area contributed by atoms with Gasteiger partial charge in [-0.3, -0.25) is 4.68 Å². The van der Waals surface area contributed by atoms with Crippen molar-refractivity contribution in [1.29, 1.82) is 0 Å². The fourth-order valence-electron chi connectivity index (χ4n) is 2.28. The van der Waals surface area contributed by atoms with Crippen molar-refractivity contribution in [3.63, 3.8) is 0 Å². The summed E-state index contributed by atoms with van der Waals surface area (Å²) in [4.78, 5) is 0. The minimum absolute atomic E-state index is 0.197. The minimum atomic E-state index is -2.83. The molecule has 1 fully saturated rings. The molecule has 0 spiro atoms. The van der Waals surface area contributed by atoms with Gasteiger partial charge in [0.2, 0.25) is 0 Å². The first kappa shape index (κ1) is 12.6. The first-order valence-electron chi connectivity index (χ1n) is 5.91. The van der Waals surface area contributed by atoms with Crippen molar-refractivity contribution in [2.75, 3.05) is 12.3 Å². The first-order valence-corrected chi connectivity index (χ1v) is 7.62. The highest BCUT2D eigenvalue weighted by atomic mass is 32.2. The number of nitrogens with one attached hydrogen (secondary N) is 1. The highest BCUT2D eigenvalue weighted by Gasteiger charge is 2.30. The molecule has 1 aromatic rings. The monoisotopic (exact) mass is 257 g/mol. The van der Waals surface area contributed by atoms with Crippen LogP contribution in [0.2, 0.25) is 0 Å². The average Bonchev–Trinajstić information content (AvgIpc) is 2.71. The van der Waals surface area contributed by atoms with Gasteiger partial charge in [0.25, 0.3) is 0 Å². The molecule has 0 bridgehead atoms. The van der Waals surface area contributed by atoms with Gasteiger partial charge in [0, 0.05) is 20.1 Å². The fourth-order valence-corrected chi connectivity index (χ4v) is 4.08. The fraction of sp³-hybridized carbons (Fsp3) is 0.727. The molecule has 1 saturated heterocycles. The molecule has 1 unspecified atom stereocenters.